The summed E-state index contributed by atoms with van der Waals surface area (Å²) >= 11 is 7.09. The van der Waals surface area contributed by atoms with Gasteiger partial charge in [-0.25, -0.2) is 4.98 Å². The molecule has 5 rings (SSSR count). The zero-order valence-corrected chi connectivity index (χ0v) is 25.3. The van der Waals surface area contributed by atoms with Crippen LogP contribution in [-0.4, -0.2) is 4.98 Å². The number of aromatic nitrogens is 1. The van der Waals surface area contributed by atoms with Gasteiger partial charge in [-0.3, -0.25) is 0 Å². The van der Waals surface area contributed by atoms with Crippen molar-refractivity contribution in [2.75, 3.05) is 4.90 Å². The molecular weight excluding hydrogens is 620 g/mol. The molecule has 2 nitrogen and oxygen atoms in total. The number of benzene rings is 4. The fourth-order valence-electron chi connectivity index (χ4n) is 4.40. The van der Waals surface area contributed by atoms with Gasteiger partial charge < -0.3 is 4.90 Å². The molecule has 1 aromatic heterocycles. The molecule has 196 valence electrons. The van der Waals surface area contributed by atoms with Crippen molar-refractivity contribution in [2.24, 2.45) is 0 Å². The lowest BCUT2D eigenvalue weighted by Crippen LogP contribution is -2.09. The molecule has 0 saturated heterocycles. The molecule has 0 atom stereocenters. The van der Waals surface area contributed by atoms with Gasteiger partial charge in [-0.15, -0.1) is 0 Å². The van der Waals surface area contributed by atoms with Crippen molar-refractivity contribution in [3.05, 3.63) is 161 Å². The number of allylic oxidation sites excluding steroid dienone is 5. The molecule has 0 radical (unpaired) electrons. The highest BCUT2D eigenvalue weighted by molar-refractivity contribution is 9.12. The second-order valence-electron chi connectivity index (χ2n) is 9.22. The Bertz CT molecular complexity index is 1620. The molecule has 0 saturated carbocycles. The van der Waals surface area contributed by atoms with Crippen molar-refractivity contribution < 1.29 is 0 Å². The van der Waals surface area contributed by atoms with Crippen LogP contribution in [0.2, 0.25) is 0 Å². The molecule has 0 spiro atoms. The van der Waals surface area contributed by atoms with Gasteiger partial charge in [-0.05, 0) is 90.4 Å². The second-order valence-corrected chi connectivity index (χ2v) is 11.1. The van der Waals surface area contributed by atoms with Crippen LogP contribution in [0.25, 0.3) is 28.0 Å². The Labute approximate surface area is 253 Å². The third-order valence-corrected chi connectivity index (χ3v) is 7.75. The molecule has 0 bridgehead atoms. The van der Waals surface area contributed by atoms with Gasteiger partial charge in [0.05, 0.1) is 11.4 Å². The monoisotopic (exact) mass is 646 g/mol. The van der Waals surface area contributed by atoms with Gasteiger partial charge >= 0.3 is 0 Å². The standard InChI is InChI=1S/C36H28Br2N2/c1-3-30(37)19-14-26(2)35-24-29(25-36(39-35)28-15-20-31(38)21-16-28)27-17-22-34(23-18-27)40(32-10-6-4-7-11-32)33-12-8-5-9-13-33/h3-25H,2H2,1H3/b19-14-,30-3+. The Morgan fingerprint density at radius 1 is 0.675 bits per heavy atom. The summed E-state index contributed by atoms with van der Waals surface area (Å²) in [6.45, 7) is 6.30. The first-order valence-electron chi connectivity index (χ1n) is 13.0. The maximum atomic E-state index is 4.98. The summed E-state index contributed by atoms with van der Waals surface area (Å²) in [5.41, 5.74) is 9.14. The average molecular weight is 648 g/mol. The van der Waals surface area contributed by atoms with Gasteiger partial charge in [-0.2, -0.15) is 0 Å². The van der Waals surface area contributed by atoms with Crippen molar-refractivity contribution in [2.45, 2.75) is 6.92 Å². The van der Waals surface area contributed by atoms with Crippen LogP contribution >= 0.6 is 31.9 Å². The molecule has 0 fully saturated rings. The topological polar surface area (TPSA) is 16.1 Å². The molecule has 5 aromatic rings. The molecule has 0 amide bonds. The minimum atomic E-state index is 0.836. The highest BCUT2D eigenvalue weighted by atomic mass is 79.9. The lowest BCUT2D eigenvalue weighted by atomic mass is 9.99. The van der Waals surface area contributed by atoms with Crippen molar-refractivity contribution >= 4 is 54.5 Å². The van der Waals surface area contributed by atoms with E-state index in [1.807, 2.05) is 49.4 Å². The largest absolute Gasteiger partial charge is 0.311 e. The summed E-state index contributed by atoms with van der Waals surface area (Å²) in [6, 6.07) is 42.1. The lowest BCUT2D eigenvalue weighted by Gasteiger charge is -2.25. The van der Waals surface area contributed by atoms with Crippen molar-refractivity contribution in [1.29, 1.82) is 0 Å². The number of hydrogen-bond acceptors (Lipinski definition) is 2. The fraction of sp³-hybridized carbons (Fsp3) is 0.0278. The van der Waals surface area contributed by atoms with E-state index in [-0.39, 0.29) is 0 Å². The second kappa shape index (κ2) is 12.9. The van der Waals surface area contributed by atoms with Crippen LogP contribution in [0.5, 0.6) is 0 Å². The molecule has 4 heteroatoms. The van der Waals surface area contributed by atoms with E-state index in [2.05, 4.69) is 140 Å². The zero-order valence-electron chi connectivity index (χ0n) is 22.1. The van der Waals surface area contributed by atoms with Gasteiger partial charge in [0.15, 0.2) is 0 Å². The molecular formula is C36H28Br2N2. The molecule has 40 heavy (non-hydrogen) atoms. The van der Waals surface area contributed by atoms with E-state index in [0.29, 0.717) is 0 Å². The van der Waals surface area contributed by atoms with Crippen molar-refractivity contribution in [3.8, 4) is 22.4 Å². The van der Waals surface area contributed by atoms with E-state index in [0.717, 1.165) is 59.7 Å². The lowest BCUT2D eigenvalue weighted by molar-refractivity contribution is 1.27. The van der Waals surface area contributed by atoms with Crippen LogP contribution < -0.4 is 4.90 Å². The van der Waals surface area contributed by atoms with Gasteiger partial charge in [0, 0.05) is 31.6 Å². The van der Waals surface area contributed by atoms with E-state index < -0.39 is 0 Å². The molecule has 0 aliphatic carbocycles. The quantitative estimate of drug-likeness (QED) is 0.156. The van der Waals surface area contributed by atoms with Crippen molar-refractivity contribution in [3.63, 3.8) is 0 Å². The van der Waals surface area contributed by atoms with Crippen LogP contribution in [0, 0.1) is 0 Å². The van der Waals surface area contributed by atoms with E-state index in [1.54, 1.807) is 0 Å². The van der Waals surface area contributed by atoms with E-state index in [4.69, 9.17) is 4.98 Å². The minimum absolute atomic E-state index is 0.836. The summed E-state index contributed by atoms with van der Waals surface area (Å²) in [7, 11) is 0. The number of pyridine rings is 1. The van der Waals surface area contributed by atoms with E-state index in [9.17, 15) is 0 Å². The first-order valence-corrected chi connectivity index (χ1v) is 14.6. The SMILES string of the molecule is C=C(/C=C\C(Br)=C/C)c1cc(-c2ccc(N(c3ccccc3)c3ccccc3)cc2)cc(-c2ccc(Br)cc2)n1. The number of nitrogens with zero attached hydrogens (tertiary/aromatic N) is 2. The summed E-state index contributed by atoms with van der Waals surface area (Å²) in [5, 5.41) is 0. The number of anilines is 3. The van der Waals surface area contributed by atoms with Gasteiger partial charge in [0.1, 0.15) is 0 Å². The van der Waals surface area contributed by atoms with Crippen LogP contribution in [-0.2, 0) is 0 Å². The Balaban J connectivity index is 1.56. The zero-order chi connectivity index (χ0) is 27.9. The Kier molecular flexibility index (Phi) is 8.90. The summed E-state index contributed by atoms with van der Waals surface area (Å²) in [6.07, 6.45) is 5.98. The molecule has 1 heterocycles. The summed E-state index contributed by atoms with van der Waals surface area (Å²) in [4.78, 5) is 7.24. The smallest absolute Gasteiger partial charge is 0.0715 e. The van der Waals surface area contributed by atoms with E-state index in [1.165, 1.54) is 0 Å². The fourth-order valence-corrected chi connectivity index (χ4v) is 4.79. The van der Waals surface area contributed by atoms with Gasteiger partial charge in [0.25, 0.3) is 0 Å². The van der Waals surface area contributed by atoms with Crippen LogP contribution in [0.4, 0.5) is 17.1 Å². The highest BCUT2D eigenvalue weighted by Gasteiger charge is 2.13. The Hall–Kier alpha value is -3.99. The molecule has 4 aromatic carbocycles. The first kappa shape index (κ1) is 27.6. The third kappa shape index (κ3) is 6.59. The third-order valence-electron chi connectivity index (χ3n) is 6.50. The average Bonchev–Trinajstić information content (AvgIpc) is 3.01. The van der Waals surface area contributed by atoms with E-state index >= 15 is 0 Å². The predicted molar refractivity (Wildman–Crippen MR) is 178 cm³/mol. The molecule has 0 aliphatic heterocycles. The molecule has 0 N–H and O–H groups in total. The normalized spacial score (nSPS) is 11.5. The number of hydrogen-bond donors (Lipinski definition) is 0. The Morgan fingerprint density at radius 2 is 1.23 bits per heavy atom. The summed E-state index contributed by atoms with van der Waals surface area (Å²) in [5.74, 6) is 0. The molecule has 0 aliphatic rings. The maximum Gasteiger partial charge on any atom is 0.0715 e. The highest BCUT2D eigenvalue weighted by Crippen LogP contribution is 2.36. The van der Waals surface area contributed by atoms with Crippen LogP contribution in [0.1, 0.15) is 12.6 Å². The number of para-hydroxylation sites is 2. The van der Waals surface area contributed by atoms with Crippen molar-refractivity contribution in [1.82, 2.24) is 4.98 Å². The van der Waals surface area contributed by atoms with Gasteiger partial charge in [0.2, 0.25) is 0 Å². The maximum absolute atomic E-state index is 4.98. The molecule has 0 unspecified atom stereocenters. The number of rotatable bonds is 8. The van der Waals surface area contributed by atoms with Gasteiger partial charge in [-0.1, -0.05) is 111 Å². The summed E-state index contributed by atoms with van der Waals surface area (Å²) < 4.78 is 2.03. The number of halogens is 2. The van der Waals surface area contributed by atoms with Crippen LogP contribution in [0.15, 0.2) is 155 Å². The minimum Gasteiger partial charge on any atom is -0.311 e. The first-order chi connectivity index (χ1) is 19.5. The predicted octanol–water partition coefficient (Wildman–Crippen LogP) is 11.5. The van der Waals surface area contributed by atoms with Crippen LogP contribution in [0.3, 0.4) is 0 Å². The Morgan fingerprint density at radius 3 is 1.80 bits per heavy atom.